The van der Waals surface area contributed by atoms with E-state index in [1.54, 1.807) is 0 Å². The summed E-state index contributed by atoms with van der Waals surface area (Å²) >= 11 is 0. The molecule has 2 nitrogen and oxygen atoms in total. The molecule has 17 heavy (non-hydrogen) atoms. The van der Waals surface area contributed by atoms with Crippen LogP contribution >= 0.6 is 0 Å². The quantitative estimate of drug-likeness (QED) is 0.860. The minimum atomic E-state index is 0.629. The van der Waals surface area contributed by atoms with Crippen molar-refractivity contribution in [2.24, 2.45) is 0 Å². The standard InChI is InChI=1S/C15H24N2/c1-4-12-5-7-13(8-6-12)14-9-15(16-2)11-17(3)10-14/h5-8,14-16H,4,9-11H2,1-3H3. The maximum Gasteiger partial charge on any atom is 0.0198 e. The molecule has 2 rings (SSSR count). The highest BCUT2D eigenvalue weighted by Gasteiger charge is 2.25. The van der Waals surface area contributed by atoms with Crippen LogP contribution in [-0.2, 0) is 6.42 Å². The fraction of sp³-hybridized carbons (Fsp3) is 0.600. The summed E-state index contributed by atoms with van der Waals surface area (Å²) in [5.41, 5.74) is 2.93. The predicted octanol–water partition coefficient (Wildman–Crippen LogP) is 2.26. The van der Waals surface area contributed by atoms with Gasteiger partial charge in [-0.05, 0) is 44.0 Å². The molecule has 1 aliphatic heterocycles. The van der Waals surface area contributed by atoms with E-state index in [-0.39, 0.29) is 0 Å². The van der Waals surface area contributed by atoms with Gasteiger partial charge in [-0.1, -0.05) is 31.2 Å². The van der Waals surface area contributed by atoms with Crippen molar-refractivity contribution >= 4 is 0 Å². The molecule has 0 amide bonds. The fourth-order valence-electron chi connectivity index (χ4n) is 2.80. The molecule has 2 heteroatoms. The Balaban J connectivity index is 2.09. The van der Waals surface area contributed by atoms with E-state index in [9.17, 15) is 0 Å². The number of nitrogens with one attached hydrogen (secondary N) is 1. The number of likely N-dealkylation sites (tertiary alicyclic amines) is 1. The summed E-state index contributed by atoms with van der Waals surface area (Å²) in [6.45, 7) is 4.56. The summed E-state index contributed by atoms with van der Waals surface area (Å²) in [5, 5.41) is 3.41. The van der Waals surface area contributed by atoms with Crippen LogP contribution in [-0.4, -0.2) is 38.1 Å². The van der Waals surface area contributed by atoms with E-state index in [1.807, 2.05) is 0 Å². The lowest BCUT2D eigenvalue weighted by Crippen LogP contribution is -2.45. The summed E-state index contributed by atoms with van der Waals surface area (Å²) < 4.78 is 0. The van der Waals surface area contributed by atoms with E-state index in [2.05, 4.69) is 55.5 Å². The van der Waals surface area contributed by atoms with Crippen molar-refractivity contribution in [1.29, 1.82) is 0 Å². The molecular formula is C15H24N2. The van der Waals surface area contributed by atoms with Crippen LogP contribution in [0.3, 0.4) is 0 Å². The van der Waals surface area contributed by atoms with Crippen LogP contribution in [0.1, 0.15) is 30.4 Å². The molecule has 1 fully saturated rings. The topological polar surface area (TPSA) is 15.3 Å². The van der Waals surface area contributed by atoms with Gasteiger partial charge < -0.3 is 10.2 Å². The van der Waals surface area contributed by atoms with Crippen LogP contribution in [0, 0.1) is 0 Å². The van der Waals surface area contributed by atoms with E-state index in [1.165, 1.54) is 30.6 Å². The van der Waals surface area contributed by atoms with Gasteiger partial charge in [-0.15, -0.1) is 0 Å². The molecular weight excluding hydrogens is 208 g/mol. The lowest BCUT2D eigenvalue weighted by Gasteiger charge is -2.35. The number of aryl methyl sites for hydroxylation is 1. The molecule has 1 aromatic carbocycles. The molecule has 0 saturated carbocycles. The van der Waals surface area contributed by atoms with Crippen LogP contribution in [0.2, 0.25) is 0 Å². The second-order valence-electron chi connectivity index (χ2n) is 5.23. The summed E-state index contributed by atoms with van der Waals surface area (Å²) in [7, 11) is 4.29. The van der Waals surface area contributed by atoms with Crippen LogP contribution < -0.4 is 5.32 Å². The molecule has 2 atom stereocenters. The van der Waals surface area contributed by atoms with Crippen molar-refractivity contribution in [3.63, 3.8) is 0 Å². The number of hydrogen-bond acceptors (Lipinski definition) is 2. The Hall–Kier alpha value is -0.860. The molecule has 0 spiro atoms. The molecule has 1 aliphatic rings. The molecule has 1 saturated heterocycles. The van der Waals surface area contributed by atoms with E-state index in [4.69, 9.17) is 0 Å². The third-order valence-corrected chi connectivity index (χ3v) is 3.90. The van der Waals surface area contributed by atoms with Crippen molar-refractivity contribution in [2.75, 3.05) is 27.2 Å². The first-order chi connectivity index (χ1) is 8.22. The van der Waals surface area contributed by atoms with E-state index in [0.29, 0.717) is 12.0 Å². The van der Waals surface area contributed by atoms with Crippen molar-refractivity contribution in [3.05, 3.63) is 35.4 Å². The maximum atomic E-state index is 3.41. The SMILES string of the molecule is CCc1ccc(C2CC(NC)CN(C)C2)cc1. The Morgan fingerprint density at radius 2 is 1.94 bits per heavy atom. The Morgan fingerprint density at radius 1 is 1.24 bits per heavy atom. The summed E-state index contributed by atoms with van der Waals surface area (Å²) in [6, 6.07) is 9.81. The van der Waals surface area contributed by atoms with E-state index < -0.39 is 0 Å². The zero-order valence-electron chi connectivity index (χ0n) is 11.2. The monoisotopic (exact) mass is 232 g/mol. The average Bonchev–Trinajstić information content (AvgIpc) is 2.38. The lowest BCUT2D eigenvalue weighted by molar-refractivity contribution is 0.210. The minimum Gasteiger partial charge on any atom is -0.316 e. The lowest BCUT2D eigenvalue weighted by atomic mass is 9.88. The second kappa shape index (κ2) is 5.65. The molecule has 1 heterocycles. The van der Waals surface area contributed by atoms with Gasteiger partial charge in [0.05, 0.1) is 0 Å². The van der Waals surface area contributed by atoms with Crippen LogP contribution in [0.25, 0.3) is 0 Å². The number of hydrogen-bond donors (Lipinski definition) is 1. The smallest absolute Gasteiger partial charge is 0.0198 e. The van der Waals surface area contributed by atoms with Crippen LogP contribution in [0.15, 0.2) is 24.3 Å². The molecule has 0 bridgehead atoms. The normalized spacial score (nSPS) is 26.1. The highest BCUT2D eigenvalue weighted by atomic mass is 15.1. The van der Waals surface area contributed by atoms with E-state index in [0.717, 1.165) is 6.42 Å². The third kappa shape index (κ3) is 3.08. The van der Waals surface area contributed by atoms with Crippen molar-refractivity contribution in [2.45, 2.75) is 31.7 Å². The summed E-state index contributed by atoms with van der Waals surface area (Å²) in [5.74, 6) is 0.678. The van der Waals surface area contributed by atoms with Crippen molar-refractivity contribution in [3.8, 4) is 0 Å². The van der Waals surface area contributed by atoms with E-state index >= 15 is 0 Å². The van der Waals surface area contributed by atoms with Gasteiger partial charge in [0.15, 0.2) is 0 Å². The van der Waals surface area contributed by atoms with Gasteiger partial charge in [0.1, 0.15) is 0 Å². The first-order valence-corrected chi connectivity index (χ1v) is 6.67. The fourth-order valence-corrected chi connectivity index (χ4v) is 2.80. The third-order valence-electron chi connectivity index (χ3n) is 3.90. The van der Waals surface area contributed by atoms with Gasteiger partial charge in [-0.3, -0.25) is 0 Å². The predicted molar refractivity (Wildman–Crippen MR) is 73.5 cm³/mol. The number of rotatable bonds is 3. The number of piperidine rings is 1. The Bertz CT molecular complexity index is 344. The van der Waals surface area contributed by atoms with Gasteiger partial charge in [-0.25, -0.2) is 0 Å². The molecule has 2 unspecified atom stereocenters. The van der Waals surface area contributed by atoms with Crippen molar-refractivity contribution < 1.29 is 0 Å². The van der Waals surface area contributed by atoms with Crippen molar-refractivity contribution in [1.82, 2.24) is 10.2 Å². The Morgan fingerprint density at radius 3 is 2.53 bits per heavy atom. The molecule has 0 radical (unpaired) electrons. The maximum absolute atomic E-state index is 3.41. The van der Waals surface area contributed by atoms with Gasteiger partial charge >= 0.3 is 0 Å². The van der Waals surface area contributed by atoms with Gasteiger partial charge in [0.2, 0.25) is 0 Å². The number of benzene rings is 1. The van der Waals surface area contributed by atoms with Gasteiger partial charge in [0, 0.05) is 19.1 Å². The Labute approximate surface area is 105 Å². The first-order valence-electron chi connectivity index (χ1n) is 6.67. The summed E-state index contributed by atoms with van der Waals surface area (Å²) in [6.07, 6.45) is 2.39. The minimum absolute atomic E-state index is 0.629. The molecule has 1 N–H and O–H groups in total. The highest BCUT2D eigenvalue weighted by molar-refractivity contribution is 5.26. The molecule has 0 aliphatic carbocycles. The van der Waals surface area contributed by atoms with Gasteiger partial charge in [-0.2, -0.15) is 0 Å². The second-order valence-corrected chi connectivity index (χ2v) is 5.23. The largest absolute Gasteiger partial charge is 0.316 e. The zero-order valence-corrected chi connectivity index (χ0v) is 11.2. The summed E-state index contributed by atoms with van der Waals surface area (Å²) in [4.78, 5) is 2.43. The van der Waals surface area contributed by atoms with Gasteiger partial charge in [0.25, 0.3) is 0 Å². The van der Waals surface area contributed by atoms with Crippen LogP contribution in [0.5, 0.6) is 0 Å². The Kier molecular flexibility index (Phi) is 4.19. The molecule has 94 valence electrons. The highest BCUT2D eigenvalue weighted by Crippen LogP contribution is 2.26. The number of nitrogens with zero attached hydrogens (tertiary/aromatic N) is 1. The van der Waals surface area contributed by atoms with Crippen LogP contribution in [0.4, 0.5) is 0 Å². The number of likely N-dealkylation sites (N-methyl/N-ethyl adjacent to an activating group) is 2. The molecule has 1 aromatic rings. The first kappa shape index (κ1) is 12.6. The molecule has 0 aromatic heterocycles. The zero-order chi connectivity index (χ0) is 12.3. The average molecular weight is 232 g/mol.